The summed E-state index contributed by atoms with van der Waals surface area (Å²) in [5.41, 5.74) is 3.25. The molecule has 0 saturated heterocycles. The van der Waals surface area contributed by atoms with Crippen LogP contribution in [-0.2, 0) is 11.3 Å². The van der Waals surface area contributed by atoms with Gasteiger partial charge in [-0.3, -0.25) is 4.79 Å². The molecule has 102 valence electrons. The van der Waals surface area contributed by atoms with Crippen molar-refractivity contribution >= 4 is 39.4 Å². The minimum atomic E-state index is -0.791. The van der Waals surface area contributed by atoms with Gasteiger partial charge in [-0.2, -0.15) is 0 Å². The van der Waals surface area contributed by atoms with Crippen molar-refractivity contribution < 1.29 is 9.90 Å². The van der Waals surface area contributed by atoms with Crippen LogP contribution in [0.3, 0.4) is 0 Å². The first-order chi connectivity index (χ1) is 9.56. The fourth-order valence-electron chi connectivity index (χ4n) is 2.64. The highest BCUT2D eigenvalue weighted by Crippen LogP contribution is 2.31. The van der Waals surface area contributed by atoms with Crippen molar-refractivity contribution in [2.75, 3.05) is 0 Å². The summed E-state index contributed by atoms with van der Waals surface area (Å²) in [7, 11) is 0. The second-order valence-corrected chi connectivity index (χ2v) is 5.41. The minimum Gasteiger partial charge on any atom is -0.481 e. The Bertz CT molecular complexity index is 761. The molecule has 2 aromatic carbocycles. The number of hydrogen-bond acceptors (Lipinski definition) is 1. The van der Waals surface area contributed by atoms with Gasteiger partial charge in [0.1, 0.15) is 0 Å². The summed E-state index contributed by atoms with van der Waals surface area (Å²) in [6.07, 6.45) is 0.107. The van der Waals surface area contributed by atoms with Crippen LogP contribution in [0.5, 0.6) is 0 Å². The molecule has 3 rings (SSSR count). The zero-order chi connectivity index (χ0) is 14.3. The fourth-order valence-corrected chi connectivity index (χ4v) is 2.81. The Balaban J connectivity index is 2.31. The molecule has 0 radical (unpaired) electrons. The van der Waals surface area contributed by atoms with Gasteiger partial charge in [0.25, 0.3) is 0 Å². The van der Waals surface area contributed by atoms with Crippen molar-refractivity contribution in [3.8, 4) is 0 Å². The summed E-state index contributed by atoms with van der Waals surface area (Å²) in [6, 6.07) is 11.9. The Morgan fingerprint density at radius 2 is 1.80 bits per heavy atom. The lowest BCUT2D eigenvalue weighted by Gasteiger charge is -2.05. The number of aryl methyl sites for hydroxylation is 2. The van der Waals surface area contributed by atoms with Crippen molar-refractivity contribution in [1.82, 2.24) is 4.57 Å². The molecule has 0 fully saturated rings. The second-order valence-electron chi connectivity index (χ2n) is 4.98. The van der Waals surface area contributed by atoms with Gasteiger partial charge in [0.05, 0.1) is 6.42 Å². The number of halogens is 1. The van der Waals surface area contributed by atoms with Gasteiger partial charge in [-0.15, -0.1) is 0 Å². The predicted octanol–water partition coefficient (Wildman–Crippen LogP) is 4.23. The van der Waals surface area contributed by atoms with Crippen molar-refractivity contribution in [3.63, 3.8) is 0 Å². The lowest BCUT2D eigenvalue weighted by atomic mass is 10.1. The number of aliphatic carboxylic acids is 1. The normalized spacial score (nSPS) is 11.3. The molecule has 20 heavy (non-hydrogen) atoms. The quantitative estimate of drug-likeness (QED) is 0.783. The van der Waals surface area contributed by atoms with E-state index in [1.54, 1.807) is 0 Å². The summed E-state index contributed by atoms with van der Waals surface area (Å²) < 4.78 is 2.05. The highest BCUT2D eigenvalue weighted by molar-refractivity contribution is 6.31. The van der Waals surface area contributed by atoms with Crippen LogP contribution < -0.4 is 0 Å². The van der Waals surface area contributed by atoms with Gasteiger partial charge in [0, 0.05) is 33.4 Å². The third kappa shape index (κ3) is 2.14. The number of nitrogens with zero attached hydrogens (tertiary/aromatic N) is 1. The molecule has 0 aliphatic carbocycles. The monoisotopic (exact) mass is 287 g/mol. The Morgan fingerprint density at radius 3 is 2.50 bits per heavy atom. The van der Waals surface area contributed by atoms with Crippen LogP contribution in [0.1, 0.15) is 12.0 Å². The average molecular weight is 288 g/mol. The smallest absolute Gasteiger partial charge is 0.305 e. The molecule has 0 bridgehead atoms. The van der Waals surface area contributed by atoms with Crippen molar-refractivity contribution in [1.29, 1.82) is 0 Å². The molecule has 3 aromatic rings. The van der Waals surface area contributed by atoms with Gasteiger partial charge >= 0.3 is 5.97 Å². The van der Waals surface area contributed by atoms with Crippen LogP contribution in [0, 0.1) is 6.92 Å². The van der Waals surface area contributed by atoms with E-state index in [4.69, 9.17) is 16.7 Å². The van der Waals surface area contributed by atoms with E-state index >= 15 is 0 Å². The maximum Gasteiger partial charge on any atom is 0.305 e. The van der Waals surface area contributed by atoms with Crippen molar-refractivity contribution in [3.05, 3.63) is 47.0 Å². The molecule has 3 nitrogen and oxygen atoms in total. The molecule has 0 spiro atoms. The summed E-state index contributed by atoms with van der Waals surface area (Å²) in [5.74, 6) is -0.791. The van der Waals surface area contributed by atoms with Crippen LogP contribution in [0.2, 0.25) is 5.02 Å². The van der Waals surface area contributed by atoms with E-state index in [1.807, 2.05) is 37.3 Å². The van der Waals surface area contributed by atoms with Crippen LogP contribution in [0.25, 0.3) is 21.8 Å². The molecule has 0 amide bonds. The van der Waals surface area contributed by atoms with E-state index in [1.165, 1.54) is 5.56 Å². The summed E-state index contributed by atoms with van der Waals surface area (Å²) in [6.45, 7) is 2.50. The first-order valence-corrected chi connectivity index (χ1v) is 6.84. The Labute approximate surface area is 121 Å². The van der Waals surface area contributed by atoms with E-state index in [0.29, 0.717) is 11.6 Å². The van der Waals surface area contributed by atoms with E-state index in [9.17, 15) is 4.79 Å². The number of aromatic nitrogens is 1. The molecule has 0 aliphatic heterocycles. The molecular weight excluding hydrogens is 274 g/mol. The van der Waals surface area contributed by atoms with E-state index < -0.39 is 5.97 Å². The Kier molecular flexibility index (Phi) is 3.14. The van der Waals surface area contributed by atoms with E-state index in [0.717, 1.165) is 21.8 Å². The SMILES string of the molecule is Cc1ccc2c(c1)c1cc(Cl)ccc1n2CCC(=O)O. The molecule has 0 aliphatic rings. The third-order valence-corrected chi connectivity index (χ3v) is 3.77. The first kappa shape index (κ1) is 13.0. The maximum absolute atomic E-state index is 10.8. The lowest BCUT2D eigenvalue weighted by molar-refractivity contribution is -0.137. The number of fused-ring (bicyclic) bond motifs is 3. The molecular formula is C16H14ClNO2. The van der Waals surface area contributed by atoms with Crippen LogP contribution >= 0.6 is 11.6 Å². The fraction of sp³-hybridized carbons (Fsp3) is 0.188. The van der Waals surface area contributed by atoms with Gasteiger partial charge in [-0.25, -0.2) is 0 Å². The number of rotatable bonds is 3. The van der Waals surface area contributed by atoms with Gasteiger partial charge < -0.3 is 9.67 Å². The van der Waals surface area contributed by atoms with E-state index in [2.05, 4.69) is 10.6 Å². The Hall–Kier alpha value is -2.00. The van der Waals surface area contributed by atoms with E-state index in [-0.39, 0.29) is 6.42 Å². The molecule has 4 heteroatoms. The van der Waals surface area contributed by atoms with Crippen molar-refractivity contribution in [2.45, 2.75) is 19.9 Å². The van der Waals surface area contributed by atoms with Gasteiger partial charge in [0.2, 0.25) is 0 Å². The minimum absolute atomic E-state index is 0.107. The summed E-state index contributed by atoms with van der Waals surface area (Å²) >= 11 is 6.09. The molecule has 1 aromatic heterocycles. The second kappa shape index (κ2) is 4.84. The molecule has 1 N–H and O–H groups in total. The van der Waals surface area contributed by atoms with Crippen LogP contribution in [0.4, 0.5) is 0 Å². The van der Waals surface area contributed by atoms with Gasteiger partial charge in [0.15, 0.2) is 0 Å². The lowest BCUT2D eigenvalue weighted by Crippen LogP contribution is -2.04. The standard InChI is InChI=1S/C16H14ClNO2/c1-10-2-4-14-12(8-10)13-9-11(17)3-5-15(13)18(14)7-6-16(19)20/h2-5,8-9H,6-7H2,1H3,(H,19,20). The molecule has 0 saturated carbocycles. The topological polar surface area (TPSA) is 42.2 Å². The number of carbonyl (C=O) groups is 1. The average Bonchev–Trinajstić information content (AvgIpc) is 2.69. The number of carboxylic acids is 1. The highest BCUT2D eigenvalue weighted by Gasteiger charge is 2.12. The largest absolute Gasteiger partial charge is 0.481 e. The van der Waals surface area contributed by atoms with Gasteiger partial charge in [-0.05, 0) is 37.3 Å². The number of hydrogen-bond donors (Lipinski definition) is 1. The maximum atomic E-state index is 10.8. The molecule has 0 unspecified atom stereocenters. The van der Waals surface area contributed by atoms with Crippen LogP contribution in [0.15, 0.2) is 36.4 Å². The molecule has 0 atom stereocenters. The zero-order valence-electron chi connectivity index (χ0n) is 11.1. The third-order valence-electron chi connectivity index (χ3n) is 3.53. The summed E-state index contributed by atoms with van der Waals surface area (Å²) in [5, 5.41) is 11.8. The predicted molar refractivity (Wildman–Crippen MR) is 81.4 cm³/mol. The highest BCUT2D eigenvalue weighted by atomic mass is 35.5. The van der Waals surface area contributed by atoms with Crippen molar-refractivity contribution in [2.24, 2.45) is 0 Å². The zero-order valence-corrected chi connectivity index (χ0v) is 11.8. The Morgan fingerprint density at radius 1 is 1.15 bits per heavy atom. The number of carboxylic acid groups (broad SMARTS) is 1. The first-order valence-electron chi connectivity index (χ1n) is 6.46. The summed E-state index contributed by atoms with van der Waals surface area (Å²) in [4.78, 5) is 10.8. The molecule has 1 heterocycles. The number of benzene rings is 2. The van der Waals surface area contributed by atoms with Crippen LogP contribution in [-0.4, -0.2) is 15.6 Å². The van der Waals surface area contributed by atoms with Gasteiger partial charge in [-0.1, -0.05) is 23.2 Å².